The molecule has 0 radical (unpaired) electrons. The number of ether oxygens (including phenoxy) is 1. The molecule has 0 saturated heterocycles. The van der Waals surface area contributed by atoms with Crippen LogP contribution in [0.25, 0.3) is 0 Å². The van der Waals surface area contributed by atoms with Crippen LogP contribution in [0.2, 0.25) is 5.02 Å². The molecule has 1 aromatic rings. The van der Waals surface area contributed by atoms with Gasteiger partial charge in [0.05, 0.1) is 12.7 Å². The van der Waals surface area contributed by atoms with Crippen molar-refractivity contribution in [1.29, 1.82) is 0 Å². The number of rotatable bonds is 3. The van der Waals surface area contributed by atoms with Crippen LogP contribution in [0.4, 0.5) is 4.39 Å². The van der Waals surface area contributed by atoms with Crippen LogP contribution in [0.5, 0.6) is 0 Å². The van der Waals surface area contributed by atoms with E-state index in [0.29, 0.717) is 16.6 Å². The Kier molecular flexibility index (Phi) is 4.37. The topological polar surface area (TPSA) is 35.2 Å². The summed E-state index contributed by atoms with van der Waals surface area (Å²) in [5.74, 6) is -0.262. The van der Waals surface area contributed by atoms with E-state index in [4.69, 9.17) is 22.1 Å². The lowest BCUT2D eigenvalue weighted by Crippen LogP contribution is -2.30. The molecule has 1 fully saturated rings. The second-order valence-corrected chi connectivity index (χ2v) is 5.02. The van der Waals surface area contributed by atoms with Crippen LogP contribution in [0.1, 0.15) is 31.2 Å². The van der Waals surface area contributed by atoms with Crippen molar-refractivity contribution >= 4 is 11.6 Å². The van der Waals surface area contributed by atoms with Crippen molar-refractivity contribution < 1.29 is 9.13 Å². The molecule has 2 rings (SSSR count). The fourth-order valence-corrected chi connectivity index (χ4v) is 2.31. The van der Waals surface area contributed by atoms with Crippen molar-refractivity contribution in [2.45, 2.75) is 44.4 Å². The molecular formula is C13H17ClFNO. The minimum absolute atomic E-state index is 0.202. The quantitative estimate of drug-likeness (QED) is 0.902. The molecule has 1 aliphatic rings. The van der Waals surface area contributed by atoms with E-state index in [0.717, 1.165) is 25.7 Å². The monoisotopic (exact) mass is 257 g/mol. The largest absolute Gasteiger partial charge is 0.373 e. The minimum Gasteiger partial charge on any atom is -0.373 e. The average Bonchev–Trinajstić information content (AvgIpc) is 2.32. The Hall–Kier alpha value is -0.640. The van der Waals surface area contributed by atoms with Crippen LogP contribution >= 0.6 is 11.6 Å². The van der Waals surface area contributed by atoms with Gasteiger partial charge < -0.3 is 10.5 Å². The summed E-state index contributed by atoms with van der Waals surface area (Å²) >= 11 is 5.82. The molecule has 94 valence electrons. The van der Waals surface area contributed by atoms with E-state index in [9.17, 15) is 4.39 Å². The van der Waals surface area contributed by atoms with Gasteiger partial charge in [-0.15, -0.1) is 0 Å². The Bertz CT molecular complexity index is 378. The molecular weight excluding hydrogens is 241 g/mol. The SMILES string of the molecule is NC1CCC(OCc2cc(Cl)ccc2F)CC1. The smallest absolute Gasteiger partial charge is 0.128 e. The summed E-state index contributed by atoms with van der Waals surface area (Å²) in [5.41, 5.74) is 6.34. The summed E-state index contributed by atoms with van der Waals surface area (Å²) in [6.45, 7) is 0.284. The van der Waals surface area contributed by atoms with Gasteiger partial charge in [-0.05, 0) is 43.9 Å². The second kappa shape index (κ2) is 5.80. The van der Waals surface area contributed by atoms with Gasteiger partial charge in [0.2, 0.25) is 0 Å². The first-order chi connectivity index (χ1) is 8.15. The Balaban J connectivity index is 1.87. The first-order valence-electron chi connectivity index (χ1n) is 5.96. The number of nitrogens with two attached hydrogens (primary N) is 1. The van der Waals surface area contributed by atoms with Crippen molar-refractivity contribution in [2.75, 3.05) is 0 Å². The zero-order valence-electron chi connectivity index (χ0n) is 9.66. The van der Waals surface area contributed by atoms with Crippen molar-refractivity contribution in [2.24, 2.45) is 5.73 Å². The van der Waals surface area contributed by atoms with Gasteiger partial charge in [0.1, 0.15) is 5.82 Å². The lowest BCUT2D eigenvalue weighted by molar-refractivity contribution is 0.0126. The van der Waals surface area contributed by atoms with Crippen LogP contribution in [-0.4, -0.2) is 12.1 Å². The van der Waals surface area contributed by atoms with Gasteiger partial charge in [0.25, 0.3) is 0 Å². The first-order valence-corrected chi connectivity index (χ1v) is 6.34. The second-order valence-electron chi connectivity index (χ2n) is 4.58. The maximum atomic E-state index is 13.4. The lowest BCUT2D eigenvalue weighted by atomic mass is 9.94. The zero-order chi connectivity index (χ0) is 12.3. The molecule has 0 unspecified atom stereocenters. The molecule has 0 atom stereocenters. The van der Waals surface area contributed by atoms with E-state index in [-0.39, 0.29) is 18.5 Å². The van der Waals surface area contributed by atoms with Gasteiger partial charge >= 0.3 is 0 Å². The third-order valence-electron chi connectivity index (χ3n) is 3.20. The third-order valence-corrected chi connectivity index (χ3v) is 3.44. The first kappa shape index (κ1) is 12.8. The van der Waals surface area contributed by atoms with E-state index >= 15 is 0 Å². The number of benzene rings is 1. The molecule has 1 aliphatic carbocycles. The summed E-state index contributed by atoms with van der Waals surface area (Å²) < 4.78 is 19.1. The molecule has 0 heterocycles. The highest BCUT2D eigenvalue weighted by Gasteiger charge is 2.19. The van der Waals surface area contributed by atoms with Crippen LogP contribution in [0.15, 0.2) is 18.2 Å². The van der Waals surface area contributed by atoms with Crippen molar-refractivity contribution in [3.63, 3.8) is 0 Å². The van der Waals surface area contributed by atoms with Gasteiger partial charge in [-0.3, -0.25) is 0 Å². The maximum Gasteiger partial charge on any atom is 0.128 e. The van der Waals surface area contributed by atoms with Crippen LogP contribution in [-0.2, 0) is 11.3 Å². The number of hydrogen-bond donors (Lipinski definition) is 1. The molecule has 0 amide bonds. The molecule has 0 aromatic heterocycles. The predicted molar refractivity (Wildman–Crippen MR) is 66.4 cm³/mol. The molecule has 4 heteroatoms. The van der Waals surface area contributed by atoms with E-state index in [1.807, 2.05) is 0 Å². The highest BCUT2D eigenvalue weighted by atomic mass is 35.5. The molecule has 1 aromatic carbocycles. The van der Waals surface area contributed by atoms with Crippen LogP contribution < -0.4 is 5.73 Å². The molecule has 0 aliphatic heterocycles. The normalized spacial score (nSPS) is 24.9. The third kappa shape index (κ3) is 3.66. The van der Waals surface area contributed by atoms with Crippen molar-refractivity contribution in [3.05, 3.63) is 34.6 Å². The maximum absolute atomic E-state index is 13.4. The number of hydrogen-bond acceptors (Lipinski definition) is 2. The summed E-state index contributed by atoms with van der Waals surface area (Å²) in [6, 6.07) is 4.83. The van der Waals surface area contributed by atoms with Crippen molar-refractivity contribution in [1.82, 2.24) is 0 Å². The van der Waals surface area contributed by atoms with E-state index in [2.05, 4.69) is 0 Å². The van der Waals surface area contributed by atoms with Crippen LogP contribution in [0, 0.1) is 5.82 Å². The number of halogens is 2. The Morgan fingerprint density at radius 1 is 1.29 bits per heavy atom. The van der Waals surface area contributed by atoms with Gasteiger partial charge in [-0.25, -0.2) is 4.39 Å². The highest BCUT2D eigenvalue weighted by Crippen LogP contribution is 2.22. The van der Waals surface area contributed by atoms with Gasteiger partial charge in [0.15, 0.2) is 0 Å². The fraction of sp³-hybridized carbons (Fsp3) is 0.538. The van der Waals surface area contributed by atoms with E-state index < -0.39 is 0 Å². The summed E-state index contributed by atoms with van der Waals surface area (Å²) in [4.78, 5) is 0. The zero-order valence-corrected chi connectivity index (χ0v) is 10.4. The summed E-state index contributed by atoms with van der Waals surface area (Å²) in [7, 11) is 0. The summed E-state index contributed by atoms with van der Waals surface area (Å²) in [5, 5.41) is 0.538. The lowest BCUT2D eigenvalue weighted by Gasteiger charge is -2.26. The Labute approximate surface area is 106 Å². The standard InChI is InChI=1S/C13H17ClFNO/c14-10-1-6-13(15)9(7-10)8-17-12-4-2-11(16)3-5-12/h1,6-7,11-12H,2-5,8,16H2. The molecule has 2 nitrogen and oxygen atoms in total. The highest BCUT2D eigenvalue weighted by molar-refractivity contribution is 6.30. The van der Waals surface area contributed by atoms with Crippen LogP contribution in [0.3, 0.4) is 0 Å². The molecule has 0 spiro atoms. The van der Waals surface area contributed by atoms with E-state index in [1.54, 1.807) is 12.1 Å². The molecule has 1 saturated carbocycles. The Morgan fingerprint density at radius 3 is 2.71 bits per heavy atom. The van der Waals surface area contributed by atoms with Gasteiger partial charge in [-0.2, -0.15) is 0 Å². The molecule has 0 bridgehead atoms. The average molecular weight is 258 g/mol. The Morgan fingerprint density at radius 2 is 2.00 bits per heavy atom. The van der Waals surface area contributed by atoms with Crippen molar-refractivity contribution in [3.8, 4) is 0 Å². The van der Waals surface area contributed by atoms with Gasteiger partial charge in [0, 0.05) is 16.6 Å². The minimum atomic E-state index is -0.262. The molecule has 2 N–H and O–H groups in total. The van der Waals surface area contributed by atoms with Gasteiger partial charge in [-0.1, -0.05) is 11.6 Å². The van der Waals surface area contributed by atoms with E-state index in [1.165, 1.54) is 6.07 Å². The predicted octanol–water partition coefficient (Wildman–Crippen LogP) is 3.27. The fourth-order valence-electron chi connectivity index (χ4n) is 2.12. The molecule has 17 heavy (non-hydrogen) atoms. The summed E-state index contributed by atoms with van der Waals surface area (Å²) in [6.07, 6.45) is 4.10.